The summed E-state index contributed by atoms with van der Waals surface area (Å²) in [6, 6.07) is 22.8. The number of hydrogen-bond donors (Lipinski definition) is 1. The van der Waals surface area contributed by atoms with E-state index in [0.717, 1.165) is 40.7 Å². The van der Waals surface area contributed by atoms with Crippen LogP contribution in [0.3, 0.4) is 0 Å². The Hall–Kier alpha value is -2.96. The molecule has 1 N–H and O–H groups in total. The van der Waals surface area contributed by atoms with Gasteiger partial charge in [0.25, 0.3) is 0 Å². The fraction of sp³-hybridized carbons (Fsp3) is 0.321. The highest BCUT2D eigenvalue weighted by Gasteiger charge is 2.31. The molecule has 1 unspecified atom stereocenters. The number of sulfonamides is 1. The number of hydrogen-bond acceptors (Lipinski definition) is 3. The minimum Gasteiger partial charge on any atom is -0.481 e. The van der Waals surface area contributed by atoms with E-state index in [2.05, 4.69) is 6.92 Å². The van der Waals surface area contributed by atoms with Gasteiger partial charge in [-0.25, -0.2) is 8.42 Å². The zero-order valence-electron chi connectivity index (χ0n) is 19.6. The van der Waals surface area contributed by atoms with Gasteiger partial charge in [-0.2, -0.15) is 4.31 Å². The maximum Gasteiger partial charge on any atom is 0.304 e. The number of fused-ring (bicyclic) bond motifs is 1. The molecule has 0 amide bonds. The van der Waals surface area contributed by atoms with Crippen LogP contribution in [-0.2, 0) is 27.8 Å². The summed E-state index contributed by atoms with van der Waals surface area (Å²) in [4.78, 5) is 12.0. The van der Waals surface area contributed by atoms with Crippen LogP contribution in [0.4, 0.5) is 0 Å². The van der Waals surface area contributed by atoms with E-state index in [9.17, 15) is 18.3 Å². The Morgan fingerprint density at radius 2 is 1.74 bits per heavy atom. The second-order valence-electron chi connectivity index (χ2n) is 9.30. The predicted octanol–water partition coefficient (Wildman–Crippen LogP) is 5.37. The molecule has 6 heteroatoms. The van der Waals surface area contributed by atoms with E-state index in [4.69, 9.17) is 0 Å². The lowest BCUT2D eigenvalue weighted by Crippen LogP contribution is -2.36. The highest BCUT2D eigenvalue weighted by atomic mass is 32.2. The fourth-order valence-corrected chi connectivity index (χ4v) is 6.54. The zero-order valence-corrected chi connectivity index (χ0v) is 20.5. The summed E-state index contributed by atoms with van der Waals surface area (Å²) in [5.41, 5.74) is 4.57. The average Bonchev–Trinajstić information content (AvgIpc) is 2.82. The van der Waals surface area contributed by atoms with Gasteiger partial charge in [0.05, 0.1) is 11.3 Å². The van der Waals surface area contributed by atoms with E-state index in [1.807, 2.05) is 67.6 Å². The van der Waals surface area contributed by atoms with Crippen molar-refractivity contribution < 1.29 is 18.3 Å². The molecule has 0 saturated heterocycles. The summed E-state index contributed by atoms with van der Waals surface area (Å²) in [5.74, 6) is -0.940. The number of aryl methyl sites for hydroxylation is 2. The SMILES string of the molecule is Cc1ccc(C(CC(=O)O)c2ccccc2)cc1CN1C[C@@H](C)CCc2ccccc2S1(=O)=O. The molecule has 1 aliphatic heterocycles. The van der Waals surface area contributed by atoms with Crippen LogP contribution in [0.15, 0.2) is 77.7 Å². The summed E-state index contributed by atoms with van der Waals surface area (Å²) in [6.07, 6.45) is 1.66. The van der Waals surface area contributed by atoms with Crippen LogP contribution in [0.2, 0.25) is 0 Å². The molecule has 178 valence electrons. The summed E-state index contributed by atoms with van der Waals surface area (Å²) in [6.45, 7) is 4.78. The predicted molar refractivity (Wildman–Crippen MR) is 133 cm³/mol. The average molecular weight is 478 g/mol. The summed E-state index contributed by atoms with van der Waals surface area (Å²) >= 11 is 0. The van der Waals surface area contributed by atoms with Gasteiger partial charge in [0.2, 0.25) is 10.0 Å². The minimum atomic E-state index is -3.66. The molecule has 3 aromatic carbocycles. The van der Waals surface area contributed by atoms with E-state index in [1.165, 1.54) is 0 Å². The van der Waals surface area contributed by atoms with Crippen molar-refractivity contribution in [1.29, 1.82) is 0 Å². The van der Waals surface area contributed by atoms with Crippen LogP contribution < -0.4 is 0 Å². The Morgan fingerprint density at radius 3 is 2.47 bits per heavy atom. The second-order valence-corrected chi connectivity index (χ2v) is 11.2. The van der Waals surface area contributed by atoms with Crippen LogP contribution in [0.25, 0.3) is 0 Å². The number of carboxylic acids is 1. The Kier molecular flexibility index (Phi) is 7.19. The van der Waals surface area contributed by atoms with Gasteiger partial charge in [-0.05, 0) is 59.6 Å². The Bertz CT molecular complexity index is 1270. The molecule has 2 atom stereocenters. The molecule has 34 heavy (non-hydrogen) atoms. The van der Waals surface area contributed by atoms with Crippen molar-refractivity contribution in [3.8, 4) is 0 Å². The number of carbonyl (C=O) groups is 1. The Labute approximate surface area is 202 Å². The Balaban J connectivity index is 1.72. The molecule has 4 rings (SSSR count). The molecular weight excluding hydrogens is 446 g/mol. The van der Waals surface area contributed by atoms with E-state index in [-0.39, 0.29) is 24.8 Å². The summed E-state index contributed by atoms with van der Waals surface area (Å²) in [5, 5.41) is 9.55. The van der Waals surface area contributed by atoms with Gasteiger partial charge >= 0.3 is 5.97 Å². The first-order valence-corrected chi connectivity index (χ1v) is 13.1. The van der Waals surface area contributed by atoms with E-state index < -0.39 is 16.0 Å². The van der Waals surface area contributed by atoms with Crippen molar-refractivity contribution in [3.05, 3.63) is 101 Å². The van der Waals surface area contributed by atoms with Gasteiger partial charge < -0.3 is 5.11 Å². The molecule has 0 saturated carbocycles. The third-order valence-electron chi connectivity index (χ3n) is 6.72. The van der Waals surface area contributed by atoms with Crippen LogP contribution in [0, 0.1) is 12.8 Å². The number of aliphatic carboxylic acids is 1. The standard InChI is InChI=1S/C28H31NO4S/c1-20-12-14-23-10-6-7-11-27(23)34(32,33)29(18-20)19-25-16-24(15-13-21(25)2)26(17-28(30)31)22-8-4-3-5-9-22/h3-11,13,15-16,20,26H,12,14,17-19H2,1-2H3,(H,30,31)/t20-,26?/m0/s1. The normalized spacial score (nSPS) is 18.9. The van der Waals surface area contributed by atoms with Gasteiger partial charge in [0.15, 0.2) is 0 Å². The lowest BCUT2D eigenvalue weighted by Gasteiger charge is -2.30. The second kappa shape index (κ2) is 10.1. The van der Waals surface area contributed by atoms with Gasteiger partial charge in [-0.3, -0.25) is 4.79 Å². The first kappa shape index (κ1) is 24.2. The lowest BCUT2D eigenvalue weighted by molar-refractivity contribution is -0.137. The smallest absolute Gasteiger partial charge is 0.304 e. The summed E-state index contributed by atoms with van der Waals surface area (Å²) in [7, 11) is -3.66. The largest absolute Gasteiger partial charge is 0.481 e. The highest BCUT2D eigenvalue weighted by Crippen LogP contribution is 2.32. The molecular formula is C28H31NO4S. The molecule has 0 aliphatic carbocycles. The molecule has 0 radical (unpaired) electrons. The maximum atomic E-state index is 13.7. The third kappa shape index (κ3) is 5.24. The third-order valence-corrected chi connectivity index (χ3v) is 8.63. The first-order valence-electron chi connectivity index (χ1n) is 11.7. The number of carboxylic acid groups (broad SMARTS) is 1. The number of nitrogens with zero attached hydrogens (tertiary/aromatic N) is 1. The molecule has 3 aromatic rings. The van der Waals surface area contributed by atoms with Crippen molar-refractivity contribution in [2.45, 2.75) is 50.5 Å². The number of benzene rings is 3. The Morgan fingerprint density at radius 1 is 1.03 bits per heavy atom. The van der Waals surface area contributed by atoms with Gasteiger partial charge in [0, 0.05) is 19.0 Å². The minimum absolute atomic E-state index is 0.0288. The van der Waals surface area contributed by atoms with Crippen molar-refractivity contribution in [2.75, 3.05) is 6.54 Å². The molecule has 5 nitrogen and oxygen atoms in total. The molecule has 1 aliphatic rings. The van der Waals surface area contributed by atoms with Gasteiger partial charge in [-0.15, -0.1) is 0 Å². The van der Waals surface area contributed by atoms with Crippen LogP contribution in [0.5, 0.6) is 0 Å². The van der Waals surface area contributed by atoms with E-state index in [0.29, 0.717) is 11.4 Å². The quantitative estimate of drug-likeness (QED) is 0.518. The van der Waals surface area contributed by atoms with E-state index in [1.54, 1.807) is 16.4 Å². The van der Waals surface area contributed by atoms with Crippen LogP contribution >= 0.6 is 0 Å². The van der Waals surface area contributed by atoms with Gasteiger partial charge in [-0.1, -0.05) is 73.7 Å². The monoisotopic (exact) mass is 477 g/mol. The first-order chi connectivity index (χ1) is 16.3. The van der Waals surface area contributed by atoms with Crippen molar-refractivity contribution in [1.82, 2.24) is 4.31 Å². The van der Waals surface area contributed by atoms with Crippen molar-refractivity contribution >= 4 is 16.0 Å². The maximum absolute atomic E-state index is 13.7. The van der Waals surface area contributed by atoms with Crippen molar-refractivity contribution in [3.63, 3.8) is 0 Å². The van der Waals surface area contributed by atoms with E-state index >= 15 is 0 Å². The molecule has 0 spiro atoms. The zero-order chi connectivity index (χ0) is 24.3. The molecule has 1 heterocycles. The fourth-order valence-electron chi connectivity index (χ4n) is 4.75. The number of rotatable bonds is 6. The van der Waals surface area contributed by atoms with Crippen molar-refractivity contribution in [2.24, 2.45) is 5.92 Å². The molecule has 0 bridgehead atoms. The summed E-state index contributed by atoms with van der Waals surface area (Å²) < 4.78 is 28.9. The van der Waals surface area contributed by atoms with Crippen LogP contribution in [-0.4, -0.2) is 30.3 Å². The highest BCUT2D eigenvalue weighted by molar-refractivity contribution is 7.89. The topological polar surface area (TPSA) is 74.7 Å². The molecule has 0 aromatic heterocycles. The van der Waals surface area contributed by atoms with Crippen LogP contribution in [0.1, 0.15) is 53.5 Å². The lowest BCUT2D eigenvalue weighted by atomic mass is 9.87. The van der Waals surface area contributed by atoms with Gasteiger partial charge in [0.1, 0.15) is 0 Å². The molecule has 0 fully saturated rings.